The maximum absolute atomic E-state index is 13.7. The highest BCUT2D eigenvalue weighted by Gasteiger charge is 2.15. The summed E-state index contributed by atoms with van der Waals surface area (Å²) in [4.78, 5) is 4.22. The Morgan fingerprint density at radius 3 is 2.84 bits per heavy atom. The van der Waals surface area contributed by atoms with Crippen molar-refractivity contribution in [2.24, 2.45) is 0 Å². The second-order valence-electron chi connectivity index (χ2n) is 4.22. The van der Waals surface area contributed by atoms with Crippen LogP contribution in [0.3, 0.4) is 0 Å². The number of alkyl halides is 1. The molecular formula is C13H15ClF2N2O. The molecule has 3 nitrogen and oxygen atoms in total. The highest BCUT2D eigenvalue weighted by molar-refractivity contribution is 6.17. The lowest BCUT2D eigenvalue weighted by Crippen LogP contribution is -2.07. The summed E-state index contributed by atoms with van der Waals surface area (Å²) in [6.07, 6.45) is 1.26. The number of fused-ring (bicyclic) bond motifs is 1. The second kappa shape index (κ2) is 6.30. The van der Waals surface area contributed by atoms with Crippen molar-refractivity contribution < 1.29 is 13.5 Å². The first kappa shape index (κ1) is 14.2. The number of hydrogen-bond acceptors (Lipinski definition) is 2. The van der Waals surface area contributed by atoms with Crippen LogP contribution < -0.4 is 0 Å². The predicted molar refractivity (Wildman–Crippen MR) is 70.6 cm³/mol. The van der Waals surface area contributed by atoms with Crippen LogP contribution in [0.4, 0.5) is 8.78 Å². The van der Waals surface area contributed by atoms with E-state index in [1.54, 1.807) is 7.11 Å². The molecule has 6 heteroatoms. The van der Waals surface area contributed by atoms with Gasteiger partial charge in [0.05, 0.1) is 5.52 Å². The number of methoxy groups -OCH3 is 1. The van der Waals surface area contributed by atoms with Crippen LogP contribution in [-0.4, -0.2) is 29.1 Å². The average Bonchev–Trinajstić information content (AvgIpc) is 2.69. The summed E-state index contributed by atoms with van der Waals surface area (Å²) in [7, 11) is 1.62. The van der Waals surface area contributed by atoms with Crippen LogP contribution in [0, 0.1) is 11.6 Å². The lowest BCUT2D eigenvalue weighted by atomic mass is 10.3. The van der Waals surface area contributed by atoms with Crippen LogP contribution in [0.5, 0.6) is 0 Å². The molecule has 0 aliphatic carbocycles. The zero-order valence-corrected chi connectivity index (χ0v) is 11.4. The Hall–Kier alpha value is -1.20. The Balaban J connectivity index is 2.46. The van der Waals surface area contributed by atoms with E-state index in [9.17, 15) is 8.78 Å². The quantitative estimate of drug-likeness (QED) is 0.603. The molecule has 19 heavy (non-hydrogen) atoms. The Labute approximate surface area is 115 Å². The zero-order valence-electron chi connectivity index (χ0n) is 10.6. The Morgan fingerprint density at radius 2 is 2.16 bits per heavy atom. The largest absolute Gasteiger partial charge is 0.385 e. The molecule has 0 N–H and O–H groups in total. The summed E-state index contributed by atoms with van der Waals surface area (Å²) >= 11 is 5.72. The first-order valence-corrected chi connectivity index (χ1v) is 6.60. The number of aromatic nitrogens is 2. The molecule has 1 aromatic carbocycles. The molecule has 0 saturated heterocycles. The van der Waals surface area contributed by atoms with Gasteiger partial charge in [0.2, 0.25) is 0 Å². The minimum absolute atomic E-state index is 0.193. The monoisotopic (exact) mass is 288 g/mol. The zero-order chi connectivity index (χ0) is 13.8. The fraction of sp³-hybridized carbons (Fsp3) is 0.462. The highest BCUT2D eigenvalue weighted by atomic mass is 35.5. The Bertz CT molecular complexity index is 571. The van der Waals surface area contributed by atoms with Crippen LogP contribution in [0.25, 0.3) is 11.0 Å². The molecule has 104 valence electrons. The van der Waals surface area contributed by atoms with E-state index in [0.29, 0.717) is 36.8 Å². The fourth-order valence-electron chi connectivity index (χ4n) is 2.09. The maximum atomic E-state index is 13.7. The maximum Gasteiger partial charge on any atom is 0.153 e. The molecule has 0 aliphatic heterocycles. The van der Waals surface area contributed by atoms with Gasteiger partial charge in [0.15, 0.2) is 5.82 Å². The van der Waals surface area contributed by atoms with Crippen molar-refractivity contribution in [3.63, 3.8) is 0 Å². The normalized spacial score (nSPS) is 11.4. The molecule has 2 aromatic rings. The van der Waals surface area contributed by atoms with Gasteiger partial charge in [-0.25, -0.2) is 13.8 Å². The number of benzene rings is 1. The minimum atomic E-state index is -0.642. The molecule has 0 unspecified atom stereocenters. The van der Waals surface area contributed by atoms with Crippen molar-refractivity contribution >= 4 is 22.6 Å². The van der Waals surface area contributed by atoms with Crippen LogP contribution in [-0.2, 0) is 17.7 Å². The summed E-state index contributed by atoms with van der Waals surface area (Å²) in [6, 6.07) is 2.15. The highest BCUT2D eigenvalue weighted by Crippen LogP contribution is 2.22. The lowest BCUT2D eigenvalue weighted by molar-refractivity contribution is 0.190. The van der Waals surface area contributed by atoms with Crippen LogP contribution in [0.2, 0.25) is 0 Å². The van der Waals surface area contributed by atoms with Crippen LogP contribution in [0.15, 0.2) is 12.1 Å². The number of aryl methyl sites for hydroxylation is 2. The molecule has 1 heterocycles. The summed E-state index contributed by atoms with van der Waals surface area (Å²) < 4.78 is 33.8. The third-order valence-corrected chi connectivity index (χ3v) is 3.09. The van der Waals surface area contributed by atoms with Gasteiger partial charge >= 0.3 is 0 Å². The SMILES string of the molecule is COCCCn1c(CCCl)nc2c(F)cc(F)cc21. The molecule has 0 atom stereocenters. The van der Waals surface area contributed by atoms with E-state index in [1.165, 1.54) is 6.07 Å². The molecule has 0 bridgehead atoms. The number of nitrogens with zero attached hydrogens (tertiary/aromatic N) is 2. The first-order valence-electron chi connectivity index (χ1n) is 6.06. The fourth-order valence-corrected chi connectivity index (χ4v) is 2.26. The summed E-state index contributed by atoms with van der Waals surface area (Å²) in [6.45, 7) is 1.18. The van der Waals surface area contributed by atoms with Gasteiger partial charge in [-0.05, 0) is 12.5 Å². The topological polar surface area (TPSA) is 27.1 Å². The molecule has 1 aromatic heterocycles. The molecule has 0 spiro atoms. The molecule has 0 fully saturated rings. The van der Waals surface area contributed by atoms with Crippen molar-refractivity contribution in [1.29, 1.82) is 0 Å². The van der Waals surface area contributed by atoms with E-state index in [1.807, 2.05) is 4.57 Å². The molecule has 0 saturated carbocycles. The lowest BCUT2D eigenvalue weighted by Gasteiger charge is -2.08. The van der Waals surface area contributed by atoms with E-state index in [0.717, 1.165) is 12.5 Å². The minimum Gasteiger partial charge on any atom is -0.385 e. The summed E-state index contributed by atoms with van der Waals surface area (Å²) in [5.74, 6) is -0.185. The molecular weight excluding hydrogens is 274 g/mol. The van der Waals surface area contributed by atoms with Crippen molar-refractivity contribution in [3.8, 4) is 0 Å². The smallest absolute Gasteiger partial charge is 0.153 e. The Morgan fingerprint density at radius 1 is 1.37 bits per heavy atom. The van der Waals surface area contributed by atoms with E-state index in [4.69, 9.17) is 16.3 Å². The number of rotatable bonds is 6. The predicted octanol–water partition coefficient (Wildman–Crippen LogP) is 3.13. The Kier molecular flexibility index (Phi) is 4.71. The van der Waals surface area contributed by atoms with Crippen molar-refractivity contribution in [3.05, 3.63) is 29.6 Å². The number of halogens is 3. The third-order valence-electron chi connectivity index (χ3n) is 2.90. The van der Waals surface area contributed by atoms with Crippen molar-refractivity contribution in [2.75, 3.05) is 19.6 Å². The summed E-state index contributed by atoms with van der Waals surface area (Å²) in [5, 5.41) is 0. The number of hydrogen-bond donors (Lipinski definition) is 0. The van der Waals surface area contributed by atoms with Gasteiger partial charge in [0.1, 0.15) is 17.2 Å². The molecule has 2 rings (SSSR count). The van der Waals surface area contributed by atoms with Gasteiger partial charge in [-0.3, -0.25) is 0 Å². The number of imidazole rings is 1. The van der Waals surface area contributed by atoms with E-state index in [2.05, 4.69) is 4.98 Å². The number of ether oxygens (including phenoxy) is 1. The van der Waals surface area contributed by atoms with E-state index in [-0.39, 0.29) is 5.52 Å². The van der Waals surface area contributed by atoms with Crippen molar-refractivity contribution in [1.82, 2.24) is 9.55 Å². The van der Waals surface area contributed by atoms with Crippen LogP contribution in [0.1, 0.15) is 12.2 Å². The van der Waals surface area contributed by atoms with E-state index < -0.39 is 11.6 Å². The van der Waals surface area contributed by atoms with Gasteiger partial charge in [0.25, 0.3) is 0 Å². The molecule has 0 amide bonds. The van der Waals surface area contributed by atoms with Crippen molar-refractivity contribution in [2.45, 2.75) is 19.4 Å². The summed E-state index contributed by atoms with van der Waals surface area (Å²) in [5.41, 5.74) is 0.660. The van der Waals surface area contributed by atoms with Gasteiger partial charge in [-0.2, -0.15) is 0 Å². The van der Waals surface area contributed by atoms with Gasteiger partial charge in [-0.15, -0.1) is 11.6 Å². The third kappa shape index (κ3) is 3.04. The first-order chi connectivity index (χ1) is 9.17. The van der Waals surface area contributed by atoms with E-state index >= 15 is 0 Å². The average molecular weight is 289 g/mol. The second-order valence-corrected chi connectivity index (χ2v) is 4.60. The van der Waals surface area contributed by atoms with Gasteiger partial charge < -0.3 is 9.30 Å². The van der Waals surface area contributed by atoms with Crippen LogP contribution >= 0.6 is 11.6 Å². The van der Waals surface area contributed by atoms with Gasteiger partial charge in [0, 0.05) is 38.6 Å². The molecule has 0 radical (unpaired) electrons. The standard InChI is InChI=1S/C13H15ClF2N2O/c1-19-6-2-5-18-11-8-9(15)7-10(16)13(11)17-12(18)3-4-14/h7-8H,2-6H2,1H3. The van der Waals surface area contributed by atoms with Gasteiger partial charge in [-0.1, -0.05) is 0 Å². The molecule has 0 aliphatic rings.